The van der Waals surface area contributed by atoms with Crippen molar-refractivity contribution >= 4 is 0 Å². The zero-order valence-electron chi connectivity index (χ0n) is 19.4. The molecule has 4 heterocycles. The molecule has 4 aliphatic heterocycles. The molecule has 17 heteroatoms. The molecule has 0 aromatic rings. The van der Waals surface area contributed by atoms with E-state index in [2.05, 4.69) is 0 Å². The first-order valence-electron chi connectivity index (χ1n) is 11.7. The highest BCUT2D eigenvalue weighted by Gasteiger charge is 2.49. The molecule has 37 heavy (non-hydrogen) atoms. The summed E-state index contributed by atoms with van der Waals surface area (Å²) in [6, 6.07) is 0. The lowest BCUT2D eigenvalue weighted by Crippen LogP contribution is -2.62. The van der Waals surface area contributed by atoms with Crippen LogP contribution in [0.2, 0.25) is 0 Å². The molecule has 0 saturated carbocycles. The lowest BCUT2D eigenvalue weighted by atomic mass is 10.0. The molecule has 4 fully saturated rings. The first-order valence-corrected chi connectivity index (χ1v) is 11.7. The van der Waals surface area contributed by atoms with Gasteiger partial charge in [-0.2, -0.15) is 0 Å². The topological polar surface area (TPSA) is 267 Å². The number of ether oxygens (including phenoxy) is 7. The van der Waals surface area contributed by atoms with Crippen molar-refractivity contribution in [2.75, 3.05) is 26.4 Å². The average Bonchev–Trinajstić information content (AvgIpc) is 2.88. The first kappa shape index (κ1) is 29.3. The van der Waals surface area contributed by atoms with E-state index in [-0.39, 0.29) is 26.4 Å². The van der Waals surface area contributed by atoms with E-state index < -0.39 is 98.4 Å². The Kier molecular flexibility index (Phi) is 9.69. The average molecular weight is 546 g/mol. The van der Waals surface area contributed by atoms with E-state index >= 15 is 0 Å². The summed E-state index contributed by atoms with van der Waals surface area (Å²) in [6.45, 7) is -1.39. The van der Waals surface area contributed by atoms with Gasteiger partial charge in [-0.3, -0.25) is 0 Å². The lowest BCUT2D eigenvalue weighted by Gasteiger charge is -2.44. The number of aliphatic hydroxyl groups excluding tert-OH is 10. The van der Waals surface area contributed by atoms with Gasteiger partial charge in [-0.05, 0) is 0 Å². The summed E-state index contributed by atoms with van der Waals surface area (Å²) in [5, 5.41) is 100. The summed E-state index contributed by atoms with van der Waals surface area (Å²) >= 11 is 0. The number of aliphatic hydroxyl groups is 10. The van der Waals surface area contributed by atoms with Crippen LogP contribution < -0.4 is 0 Å². The van der Waals surface area contributed by atoms with Gasteiger partial charge in [-0.15, -0.1) is 0 Å². The van der Waals surface area contributed by atoms with Crippen LogP contribution in [-0.2, 0) is 33.2 Å². The molecule has 4 aliphatic rings. The molecule has 0 radical (unpaired) electrons. The van der Waals surface area contributed by atoms with Crippen molar-refractivity contribution in [3.8, 4) is 0 Å². The number of rotatable bonds is 6. The summed E-state index contributed by atoms with van der Waals surface area (Å²) in [4.78, 5) is 0. The van der Waals surface area contributed by atoms with E-state index in [0.717, 1.165) is 0 Å². The quantitative estimate of drug-likeness (QED) is 0.148. The largest absolute Gasteiger partial charge is 0.388 e. The molecule has 4 saturated heterocycles. The molecule has 17 nitrogen and oxygen atoms in total. The van der Waals surface area contributed by atoms with Gasteiger partial charge in [-0.25, -0.2) is 0 Å². The minimum absolute atomic E-state index is 0.326. The van der Waals surface area contributed by atoms with E-state index in [9.17, 15) is 51.1 Å². The third-order valence-electron chi connectivity index (χ3n) is 6.70. The van der Waals surface area contributed by atoms with Gasteiger partial charge in [0.1, 0.15) is 73.2 Å². The zero-order chi connectivity index (χ0) is 27.0. The Bertz CT molecular complexity index is 673. The molecule has 16 atom stereocenters. The minimum Gasteiger partial charge on any atom is -0.388 e. The van der Waals surface area contributed by atoms with Crippen LogP contribution in [0.3, 0.4) is 0 Å². The van der Waals surface area contributed by atoms with Crippen LogP contribution in [0.1, 0.15) is 0 Å². The maximum Gasteiger partial charge on any atom is 0.186 e. The molecule has 0 aromatic heterocycles. The summed E-state index contributed by atoms with van der Waals surface area (Å²) in [7, 11) is 0. The summed E-state index contributed by atoms with van der Waals surface area (Å²) in [5.74, 6) is 0. The van der Waals surface area contributed by atoms with Gasteiger partial charge >= 0.3 is 0 Å². The fourth-order valence-electron chi connectivity index (χ4n) is 4.33. The van der Waals surface area contributed by atoms with Crippen LogP contribution in [0.25, 0.3) is 0 Å². The van der Waals surface area contributed by atoms with Crippen molar-refractivity contribution in [2.24, 2.45) is 0 Å². The fraction of sp³-hybridized carbons (Fsp3) is 1.00. The van der Waals surface area contributed by atoms with Crippen LogP contribution in [0.4, 0.5) is 0 Å². The number of hydrogen-bond donors (Lipinski definition) is 10. The van der Waals surface area contributed by atoms with Crippen LogP contribution in [-0.4, -0.2) is 176 Å². The second kappa shape index (κ2) is 12.2. The first-order chi connectivity index (χ1) is 17.5. The van der Waals surface area contributed by atoms with Gasteiger partial charge in [-0.1, -0.05) is 0 Å². The molecule has 0 aromatic carbocycles. The molecule has 6 unspecified atom stereocenters. The van der Waals surface area contributed by atoms with Gasteiger partial charge in [0, 0.05) is 0 Å². The van der Waals surface area contributed by atoms with Gasteiger partial charge in [0.15, 0.2) is 25.2 Å². The molecule has 10 N–H and O–H groups in total. The van der Waals surface area contributed by atoms with Crippen molar-refractivity contribution in [2.45, 2.75) is 98.4 Å². The maximum absolute atomic E-state index is 10.5. The van der Waals surface area contributed by atoms with Crippen molar-refractivity contribution in [1.82, 2.24) is 0 Å². The van der Waals surface area contributed by atoms with Gasteiger partial charge in [0.05, 0.1) is 26.4 Å². The Hall–Kier alpha value is -0.680. The van der Waals surface area contributed by atoms with E-state index in [0.29, 0.717) is 0 Å². The molecule has 0 amide bonds. The van der Waals surface area contributed by atoms with Crippen LogP contribution >= 0.6 is 0 Å². The Morgan fingerprint density at radius 3 is 1.19 bits per heavy atom. The third-order valence-corrected chi connectivity index (χ3v) is 6.70. The molecule has 0 spiro atoms. The second-order valence-corrected chi connectivity index (χ2v) is 9.34. The second-order valence-electron chi connectivity index (χ2n) is 9.34. The summed E-state index contributed by atoms with van der Waals surface area (Å²) < 4.78 is 37.0. The molecular weight excluding hydrogens is 512 g/mol. The predicted molar refractivity (Wildman–Crippen MR) is 110 cm³/mol. The Morgan fingerprint density at radius 1 is 0.378 bits per heavy atom. The molecule has 0 aliphatic carbocycles. The normalized spacial score (nSPS) is 53.7. The highest BCUT2D eigenvalue weighted by atomic mass is 16.8. The van der Waals surface area contributed by atoms with E-state index in [1.54, 1.807) is 0 Å². The van der Waals surface area contributed by atoms with Crippen LogP contribution in [0.15, 0.2) is 0 Å². The highest BCUT2D eigenvalue weighted by Crippen LogP contribution is 2.28. The van der Waals surface area contributed by atoms with Crippen molar-refractivity contribution < 1.29 is 84.2 Å². The van der Waals surface area contributed by atoms with Crippen LogP contribution in [0, 0.1) is 0 Å². The van der Waals surface area contributed by atoms with Gasteiger partial charge in [0.2, 0.25) is 0 Å². The molecule has 216 valence electrons. The fourth-order valence-corrected chi connectivity index (χ4v) is 4.33. The summed E-state index contributed by atoms with van der Waals surface area (Å²) in [5.41, 5.74) is 0. The minimum atomic E-state index is -1.71. The highest BCUT2D eigenvalue weighted by molar-refractivity contribution is 4.91. The van der Waals surface area contributed by atoms with Crippen molar-refractivity contribution in [3.63, 3.8) is 0 Å². The Balaban J connectivity index is 1.27. The SMILES string of the molecule is OC1OC[C@H](OC2OC[C@@H](OC3OC[C@H](OC4OC[C@@H](O)[C@@H](O)C4O)[C@H](O)[C@@H]3O)[C@@H](O)C2O)[C@H](O)[C@@H]1O. The molecule has 0 bridgehead atoms. The van der Waals surface area contributed by atoms with E-state index in [1.165, 1.54) is 0 Å². The standard InChI is InChI=1S/C20H34O17/c21-5-1-32-18(14(27)9(5)22)36-7-3-34-20(16(29)11(7)24)37-8-4-33-19(15(28)12(8)25)35-6-2-31-17(30)13(26)10(6)23/h5-30H,1-4H2/t5-,6+,7+,8-,9-,10+,11+,12-,13+,14?,15?,16+,17?,18?,19?,20?/m1/s1. The monoisotopic (exact) mass is 546 g/mol. The lowest BCUT2D eigenvalue weighted by molar-refractivity contribution is -0.356. The van der Waals surface area contributed by atoms with Crippen molar-refractivity contribution in [1.29, 1.82) is 0 Å². The van der Waals surface area contributed by atoms with E-state index in [4.69, 9.17) is 33.2 Å². The van der Waals surface area contributed by atoms with Crippen LogP contribution in [0.5, 0.6) is 0 Å². The van der Waals surface area contributed by atoms with Gasteiger partial charge in [0.25, 0.3) is 0 Å². The third kappa shape index (κ3) is 6.23. The summed E-state index contributed by atoms with van der Waals surface area (Å²) in [6.07, 6.45) is -24.0. The van der Waals surface area contributed by atoms with Gasteiger partial charge < -0.3 is 84.2 Å². The number of hydrogen-bond acceptors (Lipinski definition) is 17. The maximum atomic E-state index is 10.5. The molecule has 4 rings (SSSR count). The molecular formula is C20H34O17. The zero-order valence-corrected chi connectivity index (χ0v) is 19.4. The Labute approximate surface area is 209 Å². The smallest absolute Gasteiger partial charge is 0.186 e. The Morgan fingerprint density at radius 2 is 0.730 bits per heavy atom. The predicted octanol–water partition coefficient (Wildman–Crippen LogP) is -7.19. The van der Waals surface area contributed by atoms with E-state index in [1.807, 2.05) is 0 Å². The van der Waals surface area contributed by atoms with Crippen molar-refractivity contribution in [3.05, 3.63) is 0 Å².